The first-order valence-corrected chi connectivity index (χ1v) is 9.21. The van der Waals surface area contributed by atoms with Gasteiger partial charge < -0.3 is 14.7 Å². The summed E-state index contributed by atoms with van der Waals surface area (Å²) in [6, 6.07) is 10.00. The molecule has 2 aromatic rings. The van der Waals surface area contributed by atoms with E-state index < -0.39 is 11.6 Å². The molecule has 1 amide bonds. The maximum atomic E-state index is 13.2. The van der Waals surface area contributed by atoms with Gasteiger partial charge in [0.05, 0.1) is 25.5 Å². The summed E-state index contributed by atoms with van der Waals surface area (Å²) in [7, 11) is 0. The SMILES string of the molecule is CCC(O)c1cn(C2(C(=O)N3CCOC(c4ccccc4)C3)CC2)nn1. The molecule has 1 aromatic carbocycles. The normalized spacial score (nSPS) is 22.8. The van der Waals surface area contributed by atoms with Gasteiger partial charge in [-0.1, -0.05) is 42.5 Å². The number of nitrogens with zero attached hydrogens (tertiary/aromatic N) is 4. The molecule has 138 valence electrons. The minimum absolute atomic E-state index is 0.0733. The van der Waals surface area contributed by atoms with Gasteiger partial charge in [0.1, 0.15) is 17.3 Å². The largest absolute Gasteiger partial charge is 0.387 e. The summed E-state index contributed by atoms with van der Waals surface area (Å²) in [6.45, 7) is 3.55. The van der Waals surface area contributed by atoms with Crippen molar-refractivity contribution in [3.8, 4) is 0 Å². The van der Waals surface area contributed by atoms with E-state index in [0.717, 1.165) is 18.4 Å². The van der Waals surface area contributed by atoms with E-state index >= 15 is 0 Å². The summed E-state index contributed by atoms with van der Waals surface area (Å²) in [5.74, 6) is 0.0733. The monoisotopic (exact) mass is 356 g/mol. The first kappa shape index (κ1) is 17.2. The number of aliphatic hydroxyl groups excluding tert-OH is 1. The van der Waals surface area contributed by atoms with Gasteiger partial charge in [0.15, 0.2) is 0 Å². The van der Waals surface area contributed by atoms with Crippen LogP contribution in [0.15, 0.2) is 36.5 Å². The van der Waals surface area contributed by atoms with Gasteiger partial charge in [-0.3, -0.25) is 4.79 Å². The number of aromatic nitrogens is 3. The third-order valence-electron chi connectivity index (χ3n) is 5.32. The first-order valence-electron chi connectivity index (χ1n) is 9.21. The van der Waals surface area contributed by atoms with E-state index in [1.165, 1.54) is 0 Å². The van der Waals surface area contributed by atoms with Crippen LogP contribution in [-0.4, -0.2) is 50.6 Å². The fraction of sp³-hybridized carbons (Fsp3) is 0.526. The van der Waals surface area contributed by atoms with Crippen molar-refractivity contribution in [3.05, 3.63) is 47.8 Å². The molecule has 2 atom stereocenters. The number of hydrogen-bond donors (Lipinski definition) is 1. The predicted molar refractivity (Wildman–Crippen MR) is 94.2 cm³/mol. The van der Waals surface area contributed by atoms with Crippen LogP contribution in [0.25, 0.3) is 0 Å². The molecule has 4 rings (SSSR count). The van der Waals surface area contributed by atoms with Crippen LogP contribution in [0.5, 0.6) is 0 Å². The number of benzene rings is 1. The first-order chi connectivity index (χ1) is 12.6. The second-order valence-corrected chi connectivity index (χ2v) is 7.06. The molecule has 1 aliphatic carbocycles. The van der Waals surface area contributed by atoms with E-state index in [2.05, 4.69) is 10.3 Å². The third-order valence-corrected chi connectivity index (χ3v) is 5.32. The number of carbonyl (C=O) groups excluding carboxylic acids is 1. The number of carbonyl (C=O) groups is 1. The van der Waals surface area contributed by atoms with Crippen molar-refractivity contribution >= 4 is 5.91 Å². The molecular formula is C19H24N4O3. The van der Waals surface area contributed by atoms with Gasteiger partial charge in [0.2, 0.25) is 0 Å². The lowest BCUT2D eigenvalue weighted by atomic mass is 10.1. The number of aliphatic hydroxyl groups is 1. The molecule has 1 saturated carbocycles. The molecule has 0 radical (unpaired) electrons. The zero-order valence-corrected chi connectivity index (χ0v) is 14.9. The molecule has 7 heteroatoms. The second kappa shape index (κ2) is 6.81. The average Bonchev–Trinajstić information content (AvgIpc) is 3.36. The molecule has 1 N–H and O–H groups in total. The molecule has 0 spiro atoms. The van der Waals surface area contributed by atoms with Crippen molar-refractivity contribution in [2.75, 3.05) is 19.7 Å². The molecule has 1 aromatic heterocycles. The number of hydrogen-bond acceptors (Lipinski definition) is 5. The van der Waals surface area contributed by atoms with Crippen LogP contribution in [-0.2, 0) is 15.1 Å². The van der Waals surface area contributed by atoms with E-state index in [-0.39, 0.29) is 12.0 Å². The number of rotatable bonds is 5. The molecule has 2 unspecified atom stereocenters. The van der Waals surface area contributed by atoms with Crippen LogP contribution < -0.4 is 0 Å². The maximum Gasteiger partial charge on any atom is 0.250 e. The Morgan fingerprint density at radius 2 is 2.15 bits per heavy atom. The van der Waals surface area contributed by atoms with Crippen molar-refractivity contribution < 1.29 is 14.6 Å². The summed E-state index contributed by atoms with van der Waals surface area (Å²) in [6.07, 6.45) is 3.06. The lowest BCUT2D eigenvalue weighted by Gasteiger charge is -2.35. The van der Waals surface area contributed by atoms with E-state index in [4.69, 9.17) is 4.74 Å². The standard InChI is InChI=1S/C19H24N4O3/c1-2-16(24)15-12-23(21-20-15)19(8-9-19)18(25)22-10-11-26-17(13-22)14-6-4-3-5-7-14/h3-7,12,16-17,24H,2,8-11,13H2,1H3. The van der Waals surface area contributed by atoms with Crippen molar-refractivity contribution in [1.29, 1.82) is 0 Å². The minimum atomic E-state index is -0.642. The average molecular weight is 356 g/mol. The van der Waals surface area contributed by atoms with Crippen LogP contribution in [0.4, 0.5) is 0 Å². The Morgan fingerprint density at radius 3 is 2.85 bits per heavy atom. The van der Waals surface area contributed by atoms with E-state index in [1.54, 1.807) is 10.9 Å². The van der Waals surface area contributed by atoms with Gasteiger partial charge in [-0.05, 0) is 24.8 Å². The third kappa shape index (κ3) is 3.01. The predicted octanol–water partition coefficient (Wildman–Crippen LogP) is 1.81. The Labute approximate surface area is 152 Å². The van der Waals surface area contributed by atoms with Crippen molar-refractivity contribution in [2.24, 2.45) is 0 Å². The van der Waals surface area contributed by atoms with Gasteiger partial charge >= 0.3 is 0 Å². The molecule has 2 fully saturated rings. The Hall–Kier alpha value is -2.25. The Kier molecular flexibility index (Phi) is 4.50. The van der Waals surface area contributed by atoms with Crippen molar-refractivity contribution in [1.82, 2.24) is 19.9 Å². The molecule has 7 nitrogen and oxygen atoms in total. The number of ether oxygens (including phenoxy) is 1. The lowest BCUT2D eigenvalue weighted by molar-refractivity contribution is -0.144. The van der Waals surface area contributed by atoms with Gasteiger partial charge in [-0.25, -0.2) is 4.68 Å². The fourth-order valence-corrected chi connectivity index (χ4v) is 3.50. The van der Waals surface area contributed by atoms with E-state index in [0.29, 0.717) is 31.8 Å². The van der Waals surface area contributed by atoms with E-state index in [1.807, 2.05) is 42.2 Å². The van der Waals surface area contributed by atoms with Crippen molar-refractivity contribution in [2.45, 2.75) is 43.9 Å². The highest BCUT2D eigenvalue weighted by atomic mass is 16.5. The van der Waals surface area contributed by atoms with Crippen molar-refractivity contribution in [3.63, 3.8) is 0 Å². The highest BCUT2D eigenvalue weighted by molar-refractivity contribution is 5.87. The summed E-state index contributed by atoms with van der Waals surface area (Å²) >= 11 is 0. The Bertz CT molecular complexity index is 772. The summed E-state index contributed by atoms with van der Waals surface area (Å²) in [4.78, 5) is 15.1. The van der Waals surface area contributed by atoms with Crippen LogP contribution >= 0.6 is 0 Å². The second-order valence-electron chi connectivity index (χ2n) is 7.06. The molecular weight excluding hydrogens is 332 g/mol. The Morgan fingerprint density at radius 1 is 1.38 bits per heavy atom. The van der Waals surface area contributed by atoms with Gasteiger partial charge in [-0.15, -0.1) is 5.10 Å². The smallest absolute Gasteiger partial charge is 0.250 e. The quantitative estimate of drug-likeness (QED) is 0.884. The van der Waals surface area contributed by atoms with Gasteiger partial charge in [-0.2, -0.15) is 0 Å². The lowest BCUT2D eigenvalue weighted by Crippen LogP contribution is -2.48. The fourth-order valence-electron chi connectivity index (χ4n) is 3.50. The Balaban J connectivity index is 1.50. The highest BCUT2D eigenvalue weighted by Gasteiger charge is 2.55. The topological polar surface area (TPSA) is 80.5 Å². The highest BCUT2D eigenvalue weighted by Crippen LogP contribution is 2.45. The molecule has 1 saturated heterocycles. The van der Waals surface area contributed by atoms with E-state index in [9.17, 15) is 9.90 Å². The summed E-state index contributed by atoms with van der Waals surface area (Å²) in [5, 5.41) is 18.1. The van der Waals surface area contributed by atoms with Crippen LogP contribution in [0.2, 0.25) is 0 Å². The van der Waals surface area contributed by atoms with Gasteiger partial charge in [0.25, 0.3) is 5.91 Å². The van der Waals surface area contributed by atoms with Crippen LogP contribution in [0.3, 0.4) is 0 Å². The minimum Gasteiger partial charge on any atom is -0.387 e. The van der Waals surface area contributed by atoms with Gasteiger partial charge in [0, 0.05) is 6.54 Å². The van der Waals surface area contributed by atoms with Crippen LogP contribution in [0, 0.1) is 0 Å². The number of morpholine rings is 1. The molecule has 2 heterocycles. The molecule has 1 aliphatic heterocycles. The zero-order chi connectivity index (χ0) is 18.1. The maximum absolute atomic E-state index is 13.2. The zero-order valence-electron chi connectivity index (χ0n) is 14.9. The van der Waals surface area contributed by atoms with Crippen LogP contribution in [0.1, 0.15) is 49.7 Å². The summed E-state index contributed by atoms with van der Waals surface area (Å²) in [5.41, 5.74) is 0.969. The molecule has 0 bridgehead atoms. The molecule has 26 heavy (non-hydrogen) atoms. The number of amides is 1. The molecule has 2 aliphatic rings. The summed E-state index contributed by atoms with van der Waals surface area (Å²) < 4.78 is 7.52.